The van der Waals surface area contributed by atoms with Gasteiger partial charge in [0, 0.05) is 25.3 Å². The van der Waals surface area contributed by atoms with E-state index in [-0.39, 0.29) is 23.1 Å². The van der Waals surface area contributed by atoms with Gasteiger partial charge in [-0.3, -0.25) is 9.59 Å². The maximum Gasteiger partial charge on any atom is 0.263 e. The summed E-state index contributed by atoms with van der Waals surface area (Å²) in [5.41, 5.74) is 1.74. The molecule has 0 aliphatic rings. The Balaban J connectivity index is 2.23. The van der Waals surface area contributed by atoms with E-state index in [1.165, 1.54) is 0 Å². The van der Waals surface area contributed by atoms with Gasteiger partial charge in [-0.25, -0.2) is 0 Å². The predicted octanol–water partition coefficient (Wildman–Crippen LogP) is 2.27. The van der Waals surface area contributed by atoms with Gasteiger partial charge in [-0.05, 0) is 62.0 Å². The van der Waals surface area contributed by atoms with Crippen LogP contribution in [0.3, 0.4) is 0 Å². The molecule has 124 valence electrons. The minimum Gasteiger partial charge on any atom is -0.348 e. The van der Waals surface area contributed by atoms with E-state index in [1.807, 2.05) is 48.8 Å². The third-order valence-electron chi connectivity index (χ3n) is 3.69. The fourth-order valence-corrected chi connectivity index (χ4v) is 3.21. The van der Waals surface area contributed by atoms with Crippen molar-refractivity contribution in [3.63, 3.8) is 0 Å². The Morgan fingerprint density at radius 2 is 2.13 bits per heavy atom. The van der Waals surface area contributed by atoms with Crippen LogP contribution in [0.1, 0.15) is 34.5 Å². The Hall–Kier alpha value is -1.92. The van der Waals surface area contributed by atoms with Gasteiger partial charge in [-0.2, -0.15) is 11.3 Å². The van der Waals surface area contributed by atoms with E-state index in [0.29, 0.717) is 12.1 Å². The molecule has 0 radical (unpaired) electrons. The molecule has 2 aromatic heterocycles. The summed E-state index contributed by atoms with van der Waals surface area (Å²) in [5, 5.41) is 6.78. The number of nitrogens with one attached hydrogen (secondary N) is 1. The topological polar surface area (TPSA) is 54.3 Å². The molecule has 23 heavy (non-hydrogen) atoms. The highest BCUT2D eigenvalue weighted by atomic mass is 32.1. The molecule has 2 rings (SSSR count). The lowest BCUT2D eigenvalue weighted by atomic mass is 10.1. The van der Waals surface area contributed by atoms with Gasteiger partial charge in [0.2, 0.25) is 0 Å². The Morgan fingerprint density at radius 3 is 2.74 bits per heavy atom. The first-order chi connectivity index (χ1) is 10.9. The normalized spacial score (nSPS) is 12.4. The largest absolute Gasteiger partial charge is 0.348 e. The Kier molecular flexibility index (Phi) is 5.74. The van der Waals surface area contributed by atoms with Gasteiger partial charge in [0.1, 0.15) is 5.56 Å². The zero-order valence-corrected chi connectivity index (χ0v) is 14.8. The number of carbonyl (C=O) groups is 1. The van der Waals surface area contributed by atoms with Crippen molar-refractivity contribution < 1.29 is 4.79 Å². The van der Waals surface area contributed by atoms with Crippen molar-refractivity contribution in [2.75, 3.05) is 20.6 Å². The number of nitrogens with zero attached hydrogens (tertiary/aromatic N) is 2. The monoisotopic (exact) mass is 333 g/mol. The van der Waals surface area contributed by atoms with Gasteiger partial charge in [0.05, 0.1) is 0 Å². The number of thiophene rings is 1. The molecular formula is C17H23N3O2S. The second kappa shape index (κ2) is 7.57. The van der Waals surface area contributed by atoms with Crippen molar-refractivity contribution >= 4 is 17.2 Å². The molecule has 0 aromatic carbocycles. The molecule has 1 amide bonds. The third-order valence-corrected chi connectivity index (χ3v) is 4.42. The third kappa shape index (κ3) is 4.30. The molecule has 0 aliphatic carbocycles. The molecule has 6 heteroatoms. The van der Waals surface area contributed by atoms with Crippen LogP contribution in [0.4, 0.5) is 0 Å². The molecular weight excluding hydrogens is 310 g/mol. The van der Waals surface area contributed by atoms with E-state index in [1.54, 1.807) is 29.0 Å². The standard InChI is InChI=1S/C17H23N3O2S/c1-12-5-7-20(13(2)10-19(3)4)17(22)15(12)16(21)18-9-14-6-8-23-11-14/h5-8,11,13H,9-10H2,1-4H3,(H,18,21). The van der Waals surface area contributed by atoms with Crippen molar-refractivity contribution in [1.82, 2.24) is 14.8 Å². The zero-order chi connectivity index (χ0) is 17.0. The fourth-order valence-electron chi connectivity index (χ4n) is 2.54. The number of hydrogen-bond donors (Lipinski definition) is 1. The maximum absolute atomic E-state index is 12.7. The second-order valence-electron chi connectivity index (χ2n) is 6.01. The average Bonchev–Trinajstić information content (AvgIpc) is 2.97. The smallest absolute Gasteiger partial charge is 0.263 e. The summed E-state index contributed by atoms with van der Waals surface area (Å²) >= 11 is 1.58. The van der Waals surface area contributed by atoms with Gasteiger partial charge in [-0.15, -0.1) is 0 Å². The van der Waals surface area contributed by atoms with Crippen LogP contribution >= 0.6 is 11.3 Å². The molecule has 0 aliphatic heterocycles. The lowest BCUT2D eigenvalue weighted by molar-refractivity contribution is 0.0948. The number of carbonyl (C=O) groups excluding carboxylic acids is 1. The number of amides is 1. The van der Waals surface area contributed by atoms with Crippen LogP contribution in [0, 0.1) is 6.92 Å². The van der Waals surface area contributed by atoms with Gasteiger partial charge >= 0.3 is 0 Å². The Morgan fingerprint density at radius 1 is 1.39 bits per heavy atom. The molecule has 0 saturated carbocycles. The number of likely N-dealkylation sites (N-methyl/N-ethyl adjacent to an activating group) is 1. The average molecular weight is 333 g/mol. The summed E-state index contributed by atoms with van der Waals surface area (Å²) in [6.45, 7) is 4.94. The summed E-state index contributed by atoms with van der Waals surface area (Å²) in [7, 11) is 3.92. The van der Waals surface area contributed by atoms with E-state index in [9.17, 15) is 9.59 Å². The molecule has 2 aromatic rings. The van der Waals surface area contributed by atoms with Crippen LogP contribution in [0.25, 0.3) is 0 Å². The molecule has 1 N–H and O–H groups in total. The van der Waals surface area contributed by atoms with E-state index >= 15 is 0 Å². The van der Waals surface area contributed by atoms with E-state index in [2.05, 4.69) is 5.32 Å². The van der Waals surface area contributed by atoms with Crippen LogP contribution in [0.15, 0.2) is 33.9 Å². The van der Waals surface area contributed by atoms with Gasteiger partial charge in [0.15, 0.2) is 0 Å². The highest BCUT2D eigenvalue weighted by Gasteiger charge is 2.18. The van der Waals surface area contributed by atoms with Gasteiger partial charge in [-0.1, -0.05) is 0 Å². The van der Waals surface area contributed by atoms with Crippen LogP contribution in [-0.4, -0.2) is 36.0 Å². The summed E-state index contributed by atoms with van der Waals surface area (Å²) in [6, 6.07) is 3.79. The minimum atomic E-state index is -0.315. The van der Waals surface area contributed by atoms with Gasteiger partial charge in [0.25, 0.3) is 11.5 Å². The van der Waals surface area contributed by atoms with Crippen molar-refractivity contribution in [1.29, 1.82) is 0 Å². The number of pyridine rings is 1. The van der Waals surface area contributed by atoms with Crippen LogP contribution in [0.2, 0.25) is 0 Å². The molecule has 2 heterocycles. The van der Waals surface area contributed by atoms with E-state index < -0.39 is 0 Å². The summed E-state index contributed by atoms with van der Waals surface area (Å²) in [6.07, 6.45) is 1.77. The second-order valence-corrected chi connectivity index (χ2v) is 6.79. The maximum atomic E-state index is 12.7. The number of aromatic nitrogens is 1. The van der Waals surface area contributed by atoms with Crippen LogP contribution in [0.5, 0.6) is 0 Å². The number of aryl methyl sites for hydroxylation is 1. The van der Waals surface area contributed by atoms with E-state index in [4.69, 9.17) is 0 Å². The zero-order valence-electron chi connectivity index (χ0n) is 14.0. The summed E-state index contributed by atoms with van der Waals surface area (Å²) < 4.78 is 1.63. The van der Waals surface area contributed by atoms with E-state index in [0.717, 1.165) is 12.1 Å². The summed E-state index contributed by atoms with van der Waals surface area (Å²) in [4.78, 5) is 27.2. The van der Waals surface area contributed by atoms with Crippen molar-refractivity contribution in [3.05, 3.63) is 56.1 Å². The molecule has 0 bridgehead atoms. The Bertz CT molecular complexity index is 720. The molecule has 0 fully saturated rings. The first-order valence-electron chi connectivity index (χ1n) is 7.56. The molecule has 0 spiro atoms. The highest BCUT2D eigenvalue weighted by Crippen LogP contribution is 2.09. The van der Waals surface area contributed by atoms with Crippen molar-refractivity contribution in [2.24, 2.45) is 0 Å². The molecule has 1 unspecified atom stereocenters. The van der Waals surface area contributed by atoms with Crippen molar-refractivity contribution in [2.45, 2.75) is 26.4 Å². The highest BCUT2D eigenvalue weighted by molar-refractivity contribution is 7.07. The molecule has 0 saturated heterocycles. The van der Waals surface area contributed by atoms with Crippen LogP contribution < -0.4 is 10.9 Å². The fraction of sp³-hybridized carbons (Fsp3) is 0.412. The van der Waals surface area contributed by atoms with Gasteiger partial charge < -0.3 is 14.8 Å². The lowest BCUT2D eigenvalue weighted by Gasteiger charge is -2.20. The predicted molar refractivity (Wildman–Crippen MR) is 94.2 cm³/mol. The first-order valence-corrected chi connectivity index (χ1v) is 8.50. The summed E-state index contributed by atoms with van der Waals surface area (Å²) in [5.74, 6) is -0.315. The van der Waals surface area contributed by atoms with Crippen molar-refractivity contribution in [3.8, 4) is 0 Å². The first kappa shape index (κ1) is 17.4. The minimum absolute atomic E-state index is 0.00141. The SMILES string of the molecule is Cc1ccn(C(C)CN(C)C)c(=O)c1C(=O)NCc1ccsc1. The quantitative estimate of drug-likeness (QED) is 0.882. The molecule has 5 nitrogen and oxygen atoms in total. The number of rotatable bonds is 6. The number of hydrogen-bond acceptors (Lipinski definition) is 4. The van der Waals surface area contributed by atoms with Crippen LogP contribution in [-0.2, 0) is 6.54 Å². The lowest BCUT2D eigenvalue weighted by Crippen LogP contribution is -2.36. The Labute approximate surface area is 140 Å². The molecule has 1 atom stereocenters.